The standard InChI is InChI=1S/C14H16FNO2/c1-10-7-11(12(15)8-13(10)18-2)14(16-9-17)5-3-4-6-14/h7-8H,3-6H2,1-2H3. The number of aliphatic imine (C=N–C) groups is 1. The van der Waals surface area contributed by atoms with Crippen LogP contribution in [0.5, 0.6) is 5.75 Å². The molecule has 0 spiro atoms. The third-order valence-electron chi connectivity index (χ3n) is 3.68. The molecule has 0 unspecified atom stereocenters. The van der Waals surface area contributed by atoms with E-state index in [4.69, 9.17) is 4.74 Å². The lowest BCUT2D eigenvalue weighted by Crippen LogP contribution is -2.21. The third kappa shape index (κ3) is 2.04. The van der Waals surface area contributed by atoms with Crippen LogP contribution in [0, 0.1) is 12.7 Å². The Morgan fingerprint density at radius 1 is 1.39 bits per heavy atom. The largest absolute Gasteiger partial charge is 0.496 e. The Kier molecular flexibility index (Phi) is 3.48. The highest BCUT2D eigenvalue weighted by Gasteiger charge is 2.38. The van der Waals surface area contributed by atoms with E-state index in [0.29, 0.717) is 24.2 Å². The van der Waals surface area contributed by atoms with Gasteiger partial charge in [0.05, 0.1) is 7.11 Å². The zero-order chi connectivity index (χ0) is 13.2. The Hall–Kier alpha value is -1.67. The second-order valence-electron chi connectivity index (χ2n) is 4.74. The first-order chi connectivity index (χ1) is 8.63. The van der Waals surface area contributed by atoms with Crippen molar-refractivity contribution in [3.05, 3.63) is 29.1 Å². The van der Waals surface area contributed by atoms with Gasteiger partial charge in [-0.15, -0.1) is 0 Å². The number of rotatable bonds is 3. The number of hydrogen-bond acceptors (Lipinski definition) is 3. The van der Waals surface area contributed by atoms with E-state index in [2.05, 4.69) is 4.99 Å². The predicted molar refractivity (Wildman–Crippen MR) is 66.0 cm³/mol. The minimum absolute atomic E-state index is 0.363. The molecule has 1 fully saturated rings. The van der Waals surface area contributed by atoms with Crippen molar-refractivity contribution in [2.24, 2.45) is 4.99 Å². The van der Waals surface area contributed by atoms with Crippen LogP contribution in [0.1, 0.15) is 36.8 Å². The number of carbonyl (C=O) groups excluding carboxylic acids is 1. The van der Waals surface area contributed by atoms with Crippen LogP contribution in [0.2, 0.25) is 0 Å². The topological polar surface area (TPSA) is 38.7 Å². The number of halogens is 1. The molecule has 2 rings (SSSR count). The van der Waals surface area contributed by atoms with E-state index in [-0.39, 0.29) is 5.82 Å². The Balaban J connectivity index is 2.55. The van der Waals surface area contributed by atoms with Crippen molar-refractivity contribution >= 4 is 6.08 Å². The van der Waals surface area contributed by atoms with Crippen LogP contribution in [0.4, 0.5) is 4.39 Å². The number of methoxy groups -OCH3 is 1. The highest BCUT2D eigenvalue weighted by atomic mass is 19.1. The van der Waals surface area contributed by atoms with Crippen LogP contribution in [-0.2, 0) is 10.3 Å². The lowest BCUT2D eigenvalue weighted by Gasteiger charge is -2.24. The summed E-state index contributed by atoms with van der Waals surface area (Å²) in [4.78, 5) is 14.5. The quantitative estimate of drug-likeness (QED) is 0.609. The van der Waals surface area contributed by atoms with Crippen LogP contribution in [-0.4, -0.2) is 13.2 Å². The minimum atomic E-state index is -0.719. The Morgan fingerprint density at radius 2 is 2.06 bits per heavy atom. The summed E-state index contributed by atoms with van der Waals surface area (Å²) in [6, 6.07) is 3.10. The first-order valence-electron chi connectivity index (χ1n) is 6.06. The Labute approximate surface area is 106 Å². The van der Waals surface area contributed by atoms with Gasteiger partial charge in [0.15, 0.2) is 0 Å². The molecule has 4 heteroatoms. The molecule has 1 aromatic rings. The second kappa shape index (κ2) is 4.91. The molecule has 18 heavy (non-hydrogen) atoms. The van der Waals surface area contributed by atoms with E-state index in [9.17, 15) is 9.18 Å². The molecule has 0 amide bonds. The zero-order valence-electron chi connectivity index (χ0n) is 10.6. The fraction of sp³-hybridized carbons (Fsp3) is 0.500. The molecule has 1 saturated carbocycles. The van der Waals surface area contributed by atoms with Gasteiger partial charge in [-0.1, -0.05) is 12.8 Å². The first-order valence-corrected chi connectivity index (χ1v) is 6.06. The maximum atomic E-state index is 14.2. The van der Waals surface area contributed by atoms with Crippen molar-refractivity contribution in [1.29, 1.82) is 0 Å². The van der Waals surface area contributed by atoms with Gasteiger partial charge < -0.3 is 4.74 Å². The molecule has 0 N–H and O–H groups in total. The molecule has 3 nitrogen and oxygen atoms in total. The number of isocyanates is 1. The molecule has 0 radical (unpaired) electrons. The van der Waals surface area contributed by atoms with E-state index in [1.54, 1.807) is 12.1 Å². The van der Waals surface area contributed by atoms with Crippen molar-refractivity contribution in [2.45, 2.75) is 38.1 Å². The third-order valence-corrected chi connectivity index (χ3v) is 3.68. The van der Waals surface area contributed by atoms with Crippen molar-refractivity contribution in [1.82, 2.24) is 0 Å². The average molecular weight is 249 g/mol. The summed E-state index contributed by atoms with van der Waals surface area (Å²) in [6.07, 6.45) is 4.91. The molecule has 1 aromatic carbocycles. The summed E-state index contributed by atoms with van der Waals surface area (Å²) in [5.74, 6) is 0.151. The SMILES string of the molecule is COc1cc(F)c(C2(N=C=O)CCCC2)cc1C. The van der Waals surface area contributed by atoms with Crippen molar-refractivity contribution in [3.8, 4) is 5.75 Å². The maximum absolute atomic E-state index is 14.2. The number of nitrogens with zero attached hydrogens (tertiary/aromatic N) is 1. The van der Waals surface area contributed by atoms with Crippen LogP contribution in [0.3, 0.4) is 0 Å². The molecule has 0 atom stereocenters. The van der Waals surface area contributed by atoms with Gasteiger partial charge >= 0.3 is 0 Å². The Morgan fingerprint density at radius 3 is 2.61 bits per heavy atom. The van der Waals surface area contributed by atoms with Gasteiger partial charge in [-0.2, -0.15) is 4.99 Å². The number of hydrogen-bond donors (Lipinski definition) is 0. The monoisotopic (exact) mass is 249 g/mol. The van der Waals surface area contributed by atoms with Crippen molar-refractivity contribution in [2.75, 3.05) is 7.11 Å². The van der Waals surface area contributed by atoms with Gasteiger partial charge in [-0.25, -0.2) is 9.18 Å². The maximum Gasteiger partial charge on any atom is 0.235 e. The summed E-state index contributed by atoms with van der Waals surface area (Å²) in [5, 5.41) is 0. The predicted octanol–water partition coefficient (Wildman–Crippen LogP) is 3.25. The number of aryl methyl sites for hydroxylation is 1. The molecule has 96 valence electrons. The molecule has 0 saturated heterocycles. The van der Waals surface area contributed by atoms with Crippen molar-refractivity contribution < 1.29 is 13.9 Å². The van der Waals surface area contributed by atoms with E-state index in [1.807, 2.05) is 6.92 Å². The van der Waals surface area contributed by atoms with Crippen LogP contribution in [0.25, 0.3) is 0 Å². The van der Waals surface area contributed by atoms with Crippen LogP contribution in [0.15, 0.2) is 17.1 Å². The van der Waals surface area contributed by atoms with E-state index >= 15 is 0 Å². The summed E-state index contributed by atoms with van der Waals surface area (Å²) in [5.41, 5.74) is 0.617. The summed E-state index contributed by atoms with van der Waals surface area (Å²) >= 11 is 0. The smallest absolute Gasteiger partial charge is 0.235 e. The molecule has 0 aliphatic heterocycles. The van der Waals surface area contributed by atoms with Crippen LogP contribution >= 0.6 is 0 Å². The summed E-state index contributed by atoms with van der Waals surface area (Å²) < 4.78 is 19.3. The van der Waals surface area contributed by atoms with E-state index < -0.39 is 5.54 Å². The number of benzene rings is 1. The lowest BCUT2D eigenvalue weighted by molar-refractivity contribution is 0.398. The molecule has 0 bridgehead atoms. The van der Waals surface area contributed by atoms with E-state index in [0.717, 1.165) is 18.4 Å². The molecule has 0 heterocycles. The highest BCUT2D eigenvalue weighted by molar-refractivity contribution is 5.44. The fourth-order valence-corrected chi connectivity index (χ4v) is 2.73. The average Bonchev–Trinajstić information content (AvgIpc) is 2.81. The second-order valence-corrected chi connectivity index (χ2v) is 4.74. The zero-order valence-corrected chi connectivity index (χ0v) is 10.6. The fourth-order valence-electron chi connectivity index (χ4n) is 2.73. The molecule has 0 aromatic heterocycles. The van der Waals surface area contributed by atoms with Crippen LogP contribution < -0.4 is 4.74 Å². The summed E-state index contributed by atoms with van der Waals surface area (Å²) in [6.45, 7) is 1.86. The van der Waals surface area contributed by atoms with Gasteiger partial charge in [0, 0.05) is 11.6 Å². The van der Waals surface area contributed by atoms with Gasteiger partial charge in [0.2, 0.25) is 6.08 Å². The van der Waals surface area contributed by atoms with Gasteiger partial charge in [0.1, 0.15) is 17.1 Å². The Bertz CT molecular complexity index is 501. The van der Waals surface area contributed by atoms with Gasteiger partial charge in [-0.3, -0.25) is 0 Å². The molecular weight excluding hydrogens is 233 g/mol. The number of ether oxygens (including phenoxy) is 1. The molecule has 1 aliphatic rings. The van der Waals surface area contributed by atoms with Gasteiger partial charge in [0.25, 0.3) is 0 Å². The normalized spacial score (nSPS) is 17.3. The molecular formula is C14H16FNO2. The summed E-state index contributed by atoms with van der Waals surface area (Å²) in [7, 11) is 1.51. The first kappa shape index (κ1) is 12.8. The van der Waals surface area contributed by atoms with Crippen molar-refractivity contribution in [3.63, 3.8) is 0 Å². The van der Waals surface area contributed by atoms with E-state index in [1.165, 1.54) is 13.2 Å². The van der Waals surface area contributed by atoms with Gasteiger partial charge in [-0.05, 0) is 31.4 Å². The minimum Gasteiger partial charge on any atom is -0.496 e. The lowest BCUT2D eigenvalue weighted by atomic mass is 9.87. The highest BCUT2D eigenvalue weighted by Crippen LogP contribution is 2.44. The molecule has 1 aliphatic carbocycles.